The summed E-state index contributed by atoms with van der Waals surface area (Å²) < 4.78 is 5.73. The molecule has 0 aliphatic rings. The Balaban J connectivity index is 1.94. The first-order valence-corrected chi connectivity index (χ1v) is 9.02. The molecule has 0 spiro atoms. The van der Waals surface area contributed by atoms with Crippen LogP contribution in [0.2, 0.25) is 0 Å². The SMILES string of the molecule is Cc1ccc(C(C)C)c(OCC(=O)Nc2nnc(CC(C)C)s2)c1. The minimum absolute atomic E-state index is 0.0394. The first-order chi connectivity index (χ1) is 11.3. The number of aryl methyl sites for hydroxylation is 1. The lowest BCUT2D eigenvalue weighted by molar-refractivity contribution is -0.118. The Morgan fingerprint density at radius 2 is 2.00 bits per heavy atom. The van der Waals surface area contributed by atoms with Crippen molar-refractivity contribution >= 4 is 22.4 Å². The van der Waals surface area contributed by atoms with Gasteiger partial charge < -0.3 is 4.74 Å². The summed E-state index contributed by atoms with van der Waals surface area (Å²) in [4.78, 5) is 12.1. The molecule has 0 fully saturated rings. The summed E-state index contributed by atoms with van der Waals surface area (Å²) in [5, 5.41) is 12.3. The van der Waals surface area contributed by atoms with Crippen LogP contribution in [0.1, 0.15) is 49.7 Å². The molecule has 5 nitrogen and oxygen atoms in total. The van der Waals surface area contributed by atoms with Crippen molar-refractivity contribution in [2.75, 3.05) is 11.9 Å². The second kappa shape index (κ2) is 8.24. The summed E-state index contributed by atoms with van der Waals surface area (Å²) in [6.07, 6.45) is 0.866. The molecular formula is C18H25N3O2S. The number of ether oxygens (including phenoxy) is 1. The van der Waals surface area contributed by atoms with Gasteiger partial charge in [0, 0.05) is 6.42 Å². The Labute approximate surface area is 147 Å². The van der Waals surface area contributed by atoms with Gasteiger partial charge in [-0.3, -0.25) is 10.1 Å². The number of amides is 1. The topological polar surface area (TPSA) is 64.1 Å². The number of hydrogen-bond acceptors (Lipinski definition) is 5. The number of nitrogens with one attached hydrogen (secondary N) is 1. The molecule has 6 heteroatoms. The number of aromatic nitrogens is 2. The zero-order valence-corrected chi connectivity index (χ0v) is 15.7. The lowest BCUT2D eigenvalue weighted by atomic mass is 10.0. The van der Waals surface area contributed by atoms with E-state index >= 15 is 0 Å². The van der Waals surface area contributed by atoms with Crippen LogP contribution in [0, 0.1) is 12.8 Å². The summed E-state index contributed by atoms with van der Waals surface area (Å²) in [7, 11) is 0. The molecule has 1 amide bonds. The van der Waals surface area contributed by atoms with E-state index in [1.165, 1.54) is 11.3 Å². The van der Waals surface area contributed by atoms with Crippen LogP contribution in [0.15, 0.2) is 18.2 Å². The summed E-state index contributed by atoms with van der Waals surface area (Å²) in [5.41, 5.74) is 2.21. The average molecular weight is 347 g/mol. The van der Waals surface area contributed by atoms with Crippen LogP contribution in [0.4, 0.5) is 5.13 Å². The first-order valence-electron chi connectivity index (χ1n) is 8.20. The van der Waals surface area contributed by atoms with Crippen molar-refractivity contribution in [3.8, 4) is 5.75 Å². The maximum atomic E-state index is 12.1. The van der Waals surface area contributed by atoms with Crippen molar-refractivity contribution in [3.63, 3.8) is 0 Å². The Hall–Kier alpha value is -1.95. The Bertz CT molecular complexity index is 695. The van der Waals surface area contributed by atoms with Gasteiger partial charge in [0.05, 0.1) is 0 Å². The van der Waals surface area contributed by atoms with Crippen molar-refractivity contribution in [1.29, 1.82) is 0 Å². The lowest BCUT2D eigenvalue weighted by Crippen LogP contribution is -2.20. The summed E-state index contributed by atoms with van der Waals surface area (Å²) in [6, 6.07) is 6.07. The highest BCUT2D eigenvalue weighted by Crippen LogP contribution is 2.27. The fourth-order valence-electron chi connectivity index (χ4n) is 2.28. The van der Waals surface area contributed by atoms with Crippen LogP contribution in [0.25, 0.3) is 0 Å². The van der Waals surface area contributed by atoms with Gasteiger partial charge in [-0.1, -0.05) is 51.2 Å². The molecule has 1 aromatic heterocycles. The van der Waals surface area contributed by atoms with Gasteiger partial charge in [0.1, 0.15) is 10.8 Å². The highest BCUT2D eigenvalue weighted by Gasteiger charge is 2.12. The van der Waals surface area contributed by atoms with E-state index in [0.29, 0.717) is 17.0 Å². The Morgan fingerprint density at radius 1 is 1.25 bits per heavy atom. The van der Waals surface area contributed by atoms with E-state index in [2.05, 4.69) is 55.3 Å². The van der Waals surface area contributed by atoms with E-state index < -0.39 is 0 Å². The number of nitrogens with zero attached hydrogens (tertiary/aromatic N) is 2. The molecule has 0 bridgehead atoms. The van der Waals surface area contributed by atoms with Crippen LogP contribution in [0.3, 0.4) is 0 Å². The van der Waals surface area contributed by atoms with Crippen LogP contribution in [-0.4, -0.2) is 22.7 Å². The van der Waals surface area contributed by atoms with Gasteiger partial charge in [0.2, 0.25) is 5.13 Å². The van der Waals surface area contributed by atoms with Crippen molar-refractivity contribution in [2.24, 2.45) is 5.92 Å². The largest absolute Gasteiger partial charge is 0.483 e. The number of hydrogen-bond donors (Lipinski definition) is 1. The monoisotopic (exact) mass is 347 g/mol. The van der Waals surface area contributed by atoms with E-state index in [1.807, 2.05) is 13.0 Å². The van der Waals surface area contributed by atoms with E-state index in [0.717, 1.165) is 28.3 Å². The molecule has 130 valence electrons. The van der Waals surface area contributed by atoms with Crippen LogP contribution >= 0.6 is 11.3 Å². The summed E-state index contributed by atoms with van der Waals surface area (Å²) in [6.45, 7) is 10.4. The zero-order chi connectivity index (χ0) is 17.7. The highest BCUT2D eigenvalue weighted by molar-refractivity contribution is 7.15. The van der Waals surface area contributed by atoms with Crippen LogP contribution in [0.5, 0.6) is 5.75 Å². The molecule has 0 saturated heterocycles. The minimum atomic E-state index is -0.224. The second-order valence-corrected chi connectivity index (χ2v) is 7.69. The molecule has 24 heavy (non-hydrogen) atoms. The predicted octanol–water partition coefficient (Wildman–Crippen LogP) is 4.19. The quantitative estimate of drug-likeness (QED) is 0.816. The molecule has 0 saturated carbocycles. The summed E-state index contributed by atoms with van der Waals surface area (Å²) >= 11 is 1.41. The molecule has 2 aromatic rings. The second-order valence-electron chi connectivity index (χ2n) is 6.63. The fourth-order valence-corrected chi connectivity index (χ4v) is 3.25. The lowest BCUT2D eigenvalue weighted by Gasteiger charge is -2.14. The third-order valence-electron chi connectivity index (χ3n) is 3.45. The number of carbonyl (C=O) groups excluding carboxylic acids is 1. The maximum Gasteiger partial charge on any atom is 0.264 e. The minimum Gasteiger partial charge on any atom is -0.483 e. The van der Waals surface area contributed by atoms with Gasteiger partial charge in [0.15, 0.2) is 6.61 Å². The molecular weight excluding hydrogens is 322 g/mol. The Kier molecular flexibility index (Phi) is 6.31. The number of carbonyl (C=O) groups is 1. The highest BCUT2D eigenvalue weighted by atomic mass is 32.1. The molecule has 1 N–H and O–H groups in total. The van der Waals surface area contributed by atoms with Gasteiger partial charge in [-0.15, -0.1) is 10.2 Å². The van der Waals surface area contributed by atoms with Gasteiger partial charge in [-0.2, -0.15) is 0 Å². The third kappa shape index (κ3) is 5.30. The average Bonchev–Trinajstić information content (AvgIpc) is 2.91. The van der Waals surface area contributed by atoms with Crippen molar-refractivity contribution in [2.45, 2.75) is 47.0 Å². The maximum absolute atomic E-state index is 12.1. The molecule has 1 heterocycles. The van der Waals surface area contributed by atoms with Gasteiger partial charge in [-0.05, 0) is 36.0 Å². The fraction of sp³-hybridized carbons (Fsp3) is 0.500. The van der Waals surface area contributed by atoms with Crippen molar-refractivity contribution < 1.29 is 9.53 Å². The molecule has 0 radical (unpaired) electrons. The molecule has 1 aromatic carbocycles. The van der Waals surface area contributed by atoms with E-state index in [9.17, 15) is 4.79 Å². The standard InChI is InChI=1S/C18H25N3O2S/c1-11(2)8-17-20-21-18(24-17)19-16(22)10-23-15-9-13(5)6-7-14(15)12(3)4/h6-7,9,11-12H,8,10H2,1-5H3,(H,19,21,22). The van der Waals surface area contributed by atoms with Gasteiger partial charge >= 0.3 is 0 Å². The normalized spacial score (nSPS) is 11.1. The van der Waals surface area contributed by atoms with E-state index in [-0.39, 0.29) is 12.5 Å². The number of rotatable bonds is 7. The van der Waals surface area contributed by atoms with E-state index in [1.54, 1.807) is 0 Å². The van der Waals surface area contributed by atoms with E-state index in [4.69, 9.17) is 4.74 Å². The van der Waals surface area contributed by atoms with Gasteiger partial charge in [-0.25, -0.2) is 0 Å². The van der Waals surface area contributed by atoms with Crippen LogP contribution in [-0.2, 0) is 11.2 Å². The predicted molar refractivity (Wildman–Crippen MR) is 97.8 cm³/mol. The molecule has 0 aliphatic carbocycles. The zero-order valence-electron chi connectivity index (χ0n) is 14.9. The molecule has 0 unspecified atom stereocenters. The molecule has 0 atom stereocenters. The first kappa shape index (κ1) is 18.4. The van der Waals surface area contributed by atoms with Gasteiger partial charge in [0.25, 0.3) is 5.91 Å². The van der Waals surface area contributed by atoms with Crippen molar-refractivity contribution in [3.05, 3.63) is 34.3 Å². The summed E-state index contributed by atoms with van der Waals surface area (Å²) in [5.74, 6) is 1.39. The number of anilines is 1. The van der Waals surface area contributed by atoms with Crippen LogP contribution < -0.4 is 10.1 Å². The third-order valence-corrected chi connectivity index (χ3v) is 4.31. The molecule has 2 rings (SSSR count). The number of benzene rings is 1. The molecule has 0 aliphatic heterocycles. The smallest absolute Gasteiger partial charge is 0.264 e. The Morgan fingerprint density at radius 3 is 2.67 bits per heavy atom. The van der Waals surface area contributed by atoms with Crippen molar-refractivity contribution in [1.82, 2.24) is 10.2 Å².